The first kappa shape index (κ1) is 17.1. The first-order chi connectivity index (χ1) is 9.41. The minimum Gasteiger partial charge on any atom is -0.465 e. The molecule has 0 aliphatic carbocycles. The van der Waals surface area contributed by atoms with E-state index >= 15 is 0 Å². The van der Waals surface area contributed by atoms with Gasteiger partial charge < -0.3 is 14.0 Å². The van der Waals surface area contributed by atoms with Crippen LogP contribution in [0, 0.1) is 0 Å². The van der Waals surface area contributed by atoms with Gasteiger partial charge in [-0.15, -0.1) is 0 Å². The monoisotopic (exact) mass is 321 g/mol. The molecule has 0 saturated heterocycles. The second-order valence-electron chi connectivity index (χ2n) is 4.24. The van der Waals surface area contributed by atoms with Crippen molar-refractivity contribution >= 4 is 35.8 Å². The van der Waals surface area contributed by atoms with Gasteiger partial charge in [0.25, 0.3) is 0 Å². The third kappa shape index (κ3) is 4.85. The van der Waals surface area contributed by atoms with Crippen molar-refractivity contribution in [3.05, 3.63) is 0 Å². The lowest BCUT2D eigenvalue weighted by Gasteiger charge is -2.22. The van der Waals surface area contributed by atoms with Crippen LogP contribution in [-0.2, 0) is 30.6 Å². The number of ether oxygens (including phenoxy) is 1. The third-order valence-electron chi connectivity index (χ3n) is 2.56. The van der Waals surface area contributed by atoms with Crippen molar-refractivity contribution in [2.45, 2.75) is 46.6 Å². The maximum Gasteiger partial charge on any atom is 0.408 e. The number of esters is 1. The van der Waals surface area contributed by atoms with E-state index in [1.165, 1.54) is 0 Å². The summed E-state index contributed by atoms with van der Waals surface area (Å²) in [6.07, 6.45) is 1.35. The van der Waals surface area contributed by atoms with Crippen LogP contribution in [0.15, 0.2) is 10.3 Å². The summed E-state index contributed by atoms with van der Waals surface area (Å²) >= 11 is 5.27. The number of hydrogen-bond acceptors (Lipinski definition) is 7. The average Bonchev–Trinajstić information content (AvgIpc) is 2.53. The third-order valence-corrected chi connectivity index (χ3v) is 4.49. The van der Waals surface area contributed by atoms with Crippen molar-refractivity contribution in [2.24, 2.45) is 10.3 Å². The molecule has 0 aromatic heterocycles. The van der Waals surface area contributed by atoms with Crippen LogP contribution in [0.1, 0.15) is 40.5 Å². The molecule has 1 aliphatic rings. The van der Waals surface area contributed by atoms with E-state index in [0.29, 0.717) is 24.5 Å². The molecule has 1 heterocycles. The zero-order valence-corrected chi connectivity index (χ0v) is 13.8. The van der Waals surface area contributed by atoms with Crippen LogP contribution in [0.3, 0.4) is 0 Å². The van der Waals surface area contributed by atoms with Crippen molar-refractivity contribution in [3.8, 4) is 0 Å². The number of oxime groups is 2. The SMILES string of the molecule is CCCC(NP1(=S)ON=C(C)C(C)=NO1)C(=O)OCC. The molecule has 0 amide bonds. The molecule has 1 atom stereocenters. The number of nitrogens with zero attached hydrogens (tertiary/aromatic N) is 2. The Balaban J connectivity index is 2.82. The van der Waals surface area contributed by atoms with Crippen molar-refractivity contribution < 1.29 is 18.8 Å². The minimum absolute atomic E-state index is 0.305. The lowest BCUT2D eigenvalue weighted by molar-refractivity contribution is -0.145. The van der Waals surface area contributed by atoms with Crippen molar-refractivity contribution in [3.63, 3.8) is 0 Å². The highest BCUT2D eigenvalue weighted by Crippen LogP contribution is 2.46. The smallest absolute Gasteiger partial charge is 0.408 e. The molecule has 0 radical (unpaired) electrons. The standard InChI is InChI=1S/C11H20N3O4PS/c1-5-7-10(11(15)16-6-2)14-19(20)17-12-8(3)9(4)13-18-19/h10H,5-7H2,1-4H3,(H,14,20). The lowest BCUT2D eigenvalue weighted by atomic mass is 10.2. The summed E-state index contributed by atoms with van der Waals surface area (Å²) in [5.41, 5.74) is 1.17. The Morgan fingerprint density at radius 2 is 1.90 bits per heavy atom. The Bertz CT molecular complexity index is 443. The van der Waals surface area contributed by atoms with Gasteiger partial charge in [0.15, 0.2) is 0 Å². The predicted octanol–water partition coefficient (Wildman–Crippen LogP) is 2.33. The van der Waals surface area contributed by atoms with E-state index in [-0.39, 0.29) is 5.97 Å². The second kappa shape index (κ2) is 7.71. The molecule has 20 heavy (non-hydrogen) atoms. The molecule has 1 N–H and O–H groups in total. The van der Waals surface area contributed by atoms with E-state index in [0.717, 1.165) is 6.42 Å². The topological polar surface area (TPSA) is 81.5 Å². The number of nitrogens with one attached hydrogen (secondary N) is 1. The zero-order valence-electron chi connectivity index (χ0n) is 12.1. The molecule has 9 heteroatoms. The number of hydrogen-bond donors (Lipinski definition) is 1. The van der Waals surface area contributed by atoms with Crippen LogP contribution in [0.5, 0.6) is 0 Å². The lowest BCUT2D eigenvalue weighted by Crippen LogP contribution is -2.36. The summed E-state index contributed by atoms with van der Waals surface area (Å²) in [6.45, 7) is 4.50. The van der Waals surface area contributed by atoms with Gasteiger partial charge in [-0.2, -0.15) is 0 Å². The number of rotatable bonds is 6. The fourth-order valence-corrected chi connectivity index (χ4v) is 3.16. The zero-order chi connectivity index (χ0) is 15.2. The Kier molecular flexibility index (Phi) is 6.58. The molecule has 0 saturated carbocycles. The minimum atomic E-state index is -2.99. The van der Waals surface area contributed by atoms with Crippen LogP contribution in [-0.4, -0.2) is 30.0 Å². The van der Waals surface area contributed by atoms with Crippen LogP contribution in [0.4, 0.5) is 0 Å². The molecular formula is C11H20N3O4PS. The highest BCUT2D eigenvalue weighted by molar-refractivity contribution is 8.08. The van der Waals surface area contributed by atoms with Gasteiger partial charge in [0.2, 0.25) is 0 Å². The number of carbonyl (C=O) groups excluding carboxylic acids is 1. The van der Waals surface area contributed by atoms with Crippen molar-refractivity contribution in [2.75, 3.05) is 6.61 Å². The molecule has 1 unspecified atom stereocenters. The maximum atomic E-state index is 11.9. The van der Waals surface area contributed by atoms with Gasteiger partial charge in [0.05, 0.1) is 6.61 Å². The van der Waals surface area contributed by atoms with Crippen LogP contribution >= 0.6 is 6.64 Å². The molecule has 0 bridgehead atoms. The van der Waals surface area contributed by atoms with Gasteiger partial charge >= 0.3 is 12.6 Å². The molecule has 1 aliphatic heterocycles. The highest BCUT2D eigenvalue weighted by atomic mass is 32.5. The largest absolute Gasteiger partial charge is 0.465 e. The van der Waals surface area contributed by atoms with Gasteiger partial charge in [0.1, 0.15) is 17.5 Å². The van der Waals surface area contributed by atoms with E-state index in [2.05, 4.69) is 15.4 Å². The van der Waals surface area contributed by atoms with Crippen LogP contribution in [0.25, 0.3) is 0 Å². The molecule has 0 aromatic rings. The molecule has 7 nitrogen and oxygen atoms in total. The Hall–Kier alpha value is -0.980. The van der Waals surface area contributed by atoms with Crippen molar-refractivity contribution in [1.82, 2.24) is 5.09 Å². The number of carbonyl (C=O) groups is 1. The van der Waals surface area contributed by atoms with E-state index in [1.54, 1.807) is 20.8 Å². The summed E-state index contributed by atoms with van der Waals surface area (Å²) in [4.78, 5) is 11.9. The molecule has 0 spiro atoms. The van der Waals surface area contributed by atoms with Gasteiger partial charge in [-0.3, -0.25) is 4.79 Å². The fraction of sp³-hybridized carbons (Fsp3) is 0.727. The molecule has 1 rings (SSSR count). The van der Waals surface area contributed by atoms with Gasteiger partial charge in [-0.25, -0.2) is 5.09 Å². The second-order valence-corrected chi connectivity index (χ2v) is 7.26. The van der Waals surface area contributed by atoms with Crippen LogP contribution in [0.2, 0.25) is 0 Å². The summed E-state index contributed by atoms with van der Waals surface area (Å²) in [7, 11) is 0. The van der Waals surface area contributed by atoms with Gasteiger partial charge in [-0.1, -0.05) is 23.7 Å². The Labute approximate surface area is 123 Å². The Morgan fingerprint density at radius 3 is 2.35 bits per heavy atom. The quantitative estimate of drug-likeness (QED) is 0.597. The molecule has 0 fully saturated rings. The molecular weight excluding hydrogens is 301 g/mol. The first-order valence-corrected chi connectivity index (χ1v) is 9.07. The summed E-state index contributed by atoms with van der Waals surface area (Å²) in [5.74, 6) is -0.378. The van der Waals surface area contributed by atoms with E-state index < -0.39 is 12.7 Å². The highest BCUT2D eigenvalue weighted by Gasteiger charge is 2.32. The predicted molar refractivity (Wildman–Crippen MR) is 81.1 cm³/mol. The fourth-order valence-electron chi connectivity index (χ4n) is 1.38. The van der Waals surface area contributed by atoms with Crippen molar-refractivity contribution in [1.29, 1.82) is 0 Å². The summed E-state index contributed by atoms with van der Waals surface area (Å²) in [6, 6.07) is -0.588. The Morgan fingerprint density at radius 1 is 1.35 bits per heavy atom. The maximum absolute atomic E-state index is 11.9. The van der Waals surface area contributed by atoms with E-state index in [4.69, 9.17) is 25.8 Å². The first-order valence-electron chi connectivity index (χ1n) is 6.43. The summed E-state index contributed by atoms with van der Waals surface area (Å²) in [5, 5.41) is 10.6. The summed E-state index contributed by atoms with van der Waals surface area (Å²) < 4.78 is 15.5. The van der Waals surface area contributed by atoms with Crippen LogP contribution < -0.4 is 5.09 Å². The molecule has 114 valence electrons. The normalized spacial score (nSPS) is 18.8. The van der Waals surface area contributed by atoms with Gasteiger partial charge in [-0.05, 0) is 27.2 Å². The van der Waals surface area contributed by atoms with E-state index in [1.807, 2.05) is 6.92 Å². The van der Waals surface area contributed by atoms with Gasteiger partial charge in [0, 0.05) is 11.8 Å². The molecule has 0 aromatic carbocycles. The average molecular weight is 321 g/mol. The van der Waals surface area contributed by atoms with E-state index in [9.17, 15) is 4.79 Å².